The molecule has 23 heavy (non-hydrogen) atoms. The number of ether oxygens (including phenoxy) is 2. The minimum absolute atomic E-state index is 0.0164. The third kappa shape index (κ3) is 3.82. The minimum Gasteiger partial charge on any atom is -0.454 e. The summed E-state index contributed by atoms with van der Waals surface area (Å²) in [5.41, 5.74) is 1.26. The Morgan fingerprint density at radius 2 is 2.13 bits per heavy atom. The number of benzene rings is 1. The van der Waals surface area contributed by atoms with Crippen LogP contribution in [-0.2, 0) is 12.0 Å². The first-order valence-corrected chi connectivity index (χ1v) is 8.00. The highest BCUT2D eigenvalue weighted by atomic mass is 16.7. The summed E-state index contributed by atoms with van der Waals surface area (Å²) in [6.45, 7) is 8.76. The van der Waals surface area contributed by atoms with E-state index in [0.29, 0.717) is 12.8 Å². The molecule has 6 heteroatoms. The Labute approximate surface area is 136 Å². The van der Waals surface area contributed by atoms with E-state index < -0.39 is 0 Å². The molecule has 0 fully saturated rings. The summed E-state index contributed by atoms with van der Waals surface area (Å²) in [5.74, 6) is 1.67. The Kier molecular flexibility index (Phi) is 4.52. The Bertz CT molecular complexity index is 640. The Balaban J connectivity index is 1.53. The van der Waals surface area contributed by atoms with Crippen LogP contribution in [-0.4, -0.2) is 34.1 Å². The molecule has 1 aliphatic rings. The van der Waals surface area contributed by atoms with Crippen LogP contribution in [0, 0.1) is 0 Å². The quantitative estimate of drug-likeness (QED) is 0.849. The molecule has 6 nitrogen and oxygen atoms in total. The van der Waals surface area contributed by atoms with Crippen LogP contribution in [0.4, 0.5) is 0 Å². The van der Waals surface area contributed by atoms with E-state index in [1.165, 1.54) is 5.56 Å². The molecular weight excluding hydrogens is 292 g/mol. The van der Waals surface area contributed by atoms with Crippen LogP contribution in [0.5, 0.6) is 11.5 Å². The van der Waals surface area contributed by atoms with E-state index in [0.717, 1.165) is 31.0 Å². The van der Waals surface area contributed by atoms with Crippen LogP contribution in [0.1, 0.15) is 32.8 Å². The molecule has 0 saturated heterocycles. The standard InChI is InChI=1S/C17H24N4O2/c1-13(6-7-21-11-18-10-20-21)19-9-17(2,3)14-4-5-15-16(8-14)23-12-22-15/h4-5,8,10-11,13,19H,6-7,9,12H2,1-3H3/t13-/m1/s1. The lowest BCUT2D eigenvalue weighted by atomic mass is 9.84. The van der Waals surface area contributed by atoms with Crippen molar-refractivity contribution in [2.75, 3.05) is 13.3 Å². The number of rotatable bonds is 7. The van der Waals surface area contributed by atoms with Gasteiger partial charge >= 0.3 is 0 Å². The number of nitrogens with one attached hydrogen (secondary N) is 1. The summed E-state index contributed by atoms with van der Waals surface area (Å²) in [5, 5.41) is 7.75. The van der Waals surface area contributed by atoms with Crippen molar-refractivity contribution in [1.29, 1.82) is 0 Å². The van der Waals surface area contributed by atoms with Crippen LogP contribution >= 0.6 is 0 Å². The molecule has 0 radical (unpaired) electrons. The Morgan fingerprint density at radius 3 is 2.91 bits per heavy atom. The van der Waals surface area contributed by atoms with E-state index in [4.69, 9.17) is 9.47 Å². The second kappa shape index (κ2) is 6.58. The second-order valence-corrected chi connectivity index (χ2v) is 6.68. The van der Waals surface area contributed by atoms with E-state index in [1.54, 1.807) is 12.7 Å². The van der Waals surface area contributed by atoms with Crippen LogP contribution in [0.3, 0.4) is 0 Å². The summed E-state index contributed by atoms with van der Waals surface area (Å²) in [6.07, 6.45) is 4.34. The molecule has 3 rings (SSSR count). The van der Waals surface area contributed by atoms with Gasteiger partial charge in [-0.05, 0) is 31.0 Å². The monoisotopic (exact) mass is 316 g/mol. The third-order valence-electron chi connectivity index (χ3n) is 4.30. The van der Waals surface area contributed by atoms with E-state index in [-0.39, 0.29) is 5.41 Å². The predicted octanol–water partition coefficient (Wildman–Crippen LogP) is 2.35. The number of hydrogen-bond donors (Lipinski definition) is 1. The van der Waals surface area contributed by atoms with Crippen molar-refractivity contribution in [2.24, 2.45) is 0 Å². The summed E-state index contributed by atoms with van der Waals surface area (Å²) >= 11 is 0. The van der Waals surface area contributed by atoms with Crippen LogP contribution in [0.25, 0.3) is 0 Å². The van der Waals surface area contributed by atoms with Gasteiger partial charge in [0.25, 0.3) is 0 Å². The zero-order valence-corrected chi connectivity index (χ0v) is 14.0. The number of aryl methyl sites for hydroxylation is 1. The predicted molar refractivity (Wildman–Crippen MR) is 87.7 cm³/mol. The van der Waals surface area contributed by atoms with E-state index in [9.17, 15) is 0 Å². The second-order valence-electron chi connectivity index (χ2n) is 6.68. The average molecular weight is 316 g/mol. The van der Waals surface area contributed by atoms with Crippen LogP contribution in [0.15, 0.2) is 30.9 Å². The van der Waals surface area contributed by atoms with E-state index in [2.05, 4.69) is 48.3 Å². The smallest absolute Gasteiger partial charge is 0.231 e. The lowest BCUT2D eigenvalue weighted by Gasteiger charge is -2.28. The molecule has 2 heterocycles. The zero-order valence-electron chi connectivity index (χ0n) is 14.0. The van der Waals surface area contributed by atoms with Gasteiger partial charge in [0.05, 0.1) is 0 Å². The highest BCUT2D eigenvalue weighted by Crippen LogP contribution is 2.36. The highest BCUT2D eigenvalue weighted by molar-refractivity contribution is 5.46. The summed E-state index contributed by atoms with van der Waals surface area (Å²) in [7, 11) is 0. The number of aromatic nitrogens is 3. The Hall–Kier alpha value is -2.08. The van der Waals surface area contributed by atoms with Crippen molar-refractivity contribution in [3.8, 4) is 11.5 Å². The first kappa shape index (κ1) is 15.8. The maximum Gasteiger partial charge on any atom is 0.231 e. The van der Waals surface area contributed by atoms with Crippen molar-refractivity contribution in [2.45, 2.75) is 45.2 Å². The molecule has 0 amide bonds. The zero-order chi connectivity index (χ0) is 16.3. The topological polar surface area (TPSA) is 61.2 Å². The fraction of sp³-hybridized carbons (Fsp3) is 0.529. The average Bonchev–Trinajstić information content (AvgIpc) is 3.21. The van der Waals surface area contributed by atoms with Gasteiger partial charge in [-0.3, -0.25) is 4.68 Å². The SMILES string of the molecule is C[C@H](CCn1cncn1)NCC(C)(C)c1ccc2c(c1)OCO2. The van der Waals surface area contributed by atoms with Crippen molar-refractivity contribution >= 4 is 0 Å². The van der Waals surface area contributed by atoms with E-state index in [1.807, 2.05) is 10.7 Å². The van der Waals surface area contributed by atoms with Gasteiger partial charge in [0.15, 0.2) is 11.5 Å². The van der Waals surface area contributed by atoms with Crippen molar-refractivity contribution in [1.82, 2.24) is 20.1 Å². The van der Waals surface area contributed by atoms with Gasteiger partial charge in [0, 0.05) is 24.5 Å². The molecule has 2 aromatic rings. The van der Waals surface area contributed by atoms with Crippen LogP contribution < -0.4 is 14.8 Å². The van der Waals surface area contributed by atoms with Crippen molar-refractivity contribution in [3.05, 3.63) is 36.4 Å². The summed E-state index contributed by atoms with van der Waals surface area (Å²) < 4.78 is 12.7. The molecule has 1 aliphatic heterocycles. The first-order chi connectivity index (χ1) is 11.0. The number of fused-ring (bicyclic) bond motifs is 1. The molecule has 0 unspecified atom stereocenters. The molecule has 1 atom stereocenters. The Morgan fingerprint density at radius 1 is 1.30 bits per heavy atom. The molecule has 0 spiro atoms. The van der Waals surface area contributed by atoms with Crippen molar-refractivity contribution < 1.29 is 9.47 Å². The molecule has 0 aliphatic carbocycles. The van der Waals surface area contributed by atoms with Gasteiger partial charge < -0.3 is 14.8 Å². The molecule has 1 aromatic heterocycles. The molecule has 124 valence electrons. The van der Waals surface area contributed by atoms with Gasteiger partial charge in [0.2, 0.25) is 6.79 Å². The first-order valence-electron chi connectivity index (χ1n) is 8.00. The molecule has 0 bridgehead atoms. The maximum absolute atomic E-state index is 5.48. The van der Waals surface area contributed by atoms with Gasteiger partial charge in [-0.15, -0.1) is 0 Å². The van der Waals surface area contributed by atoms with Crippen molar-refractivity contribution in [3.63, 3.8) is 0 Å². The van der Waals surface area contributed by atoms with Gasteiger partial charge in [0.1, 0.15) is 12.7 Å². The fourth-order valence-corrected chi connectivity index (χ4v) is 2.63. The summed E-state index contributed by atoms with van der Waals surface area (Å²) in [6, 6.07) is 6.61. The molecular formula is C17H24N4O2. The number of nitrogens with zero attached hydrogens (tertiary/aromatic N) is 3. The molecule has 1 N–H and O–H groups in total. The van der Waals surface area contributed by atoms with Gasteiger partial charge in [-0.25, -0.2) is 4.98 Å². The summed E-state index contributed by atoms with van der Waals surface area (Å²) in [4.78, 5) is 3.96. The number of hydrogen-bond acceptors (Lipinski definition) is 5. The highest BCUT2D eigenvalue weighted by Gasteiger charge is 2.24. The van der Waals surface area contributed by atoms with Crippen LogP contribution in [0.2, 0.25) is 0 Å². The lowest BCUT2D eigenvalue weighted by Crippen LogP contribution is -2.38. The maximum atomic E-state index is 5.48. The molecule has 0 saturated carbocycles. The van der Waals surface area contributed by atoms with Gasteiger partial charge in [-0.2, -0.15) is 5.10 Å². The normalized spacial score (nSPS) is 14.9. The minimum atomic E-state index is 0.0164. The van der Waals surface area contributed by atoms with Gasteiger partial charge in [-0.1, -0.05) is 19.9 Å². The molecule has 1 aromatic carbocycles. The van der Waals surface area contributed by atoms with E-state index >= 15 is 0 Å². The largest absolute Gasteiger partial charge is 0.454 e. The third-order valence-corrected chi connectivity index (χ3v) is 4.30. The fourth-order valence-electron chi connectivity index (χ4n) is 2.63. The lowest BCUT2D eigenvalue weighted by molar-refractivity contribution is 0.174.